The lowest BCUT2D eigenvalue weighted by molar-refractivity contribution is -0.137. The predicted molar refractivity (Wildman–Crippen MR) is 73.0 cm³/mol. The summed E-state index contributed by atoms with van der Waals surface area (Å²) in [6, 6.07) is 2.29. The van der Waals surface area contributed by atoms with Crippen molar-refractivity contribution in [3.8, 4) is 5.75 Å². The van der Waals surface area contributed by atoms with Crippen LogP contribution >= 0.6 is 0 Å². The molecule has 0 fully saturated rings. The fourth-order valence-electron chi connectivity index (χ4n) is 3.59. The van der Waals surface area contributed by atoms with Gasteiger partial charge in [0.05, 0.1) is 6.61 Å². The van der Waals surface area contributed by atoms with Crippen molar-refractivity contribution in [3.05, 3.63) is 28.3 Å². The maximum Gasteiger partial charge on any atom is 0.303 e. The third-order valence-electron chi connectivity index (χ3n) is 4.44. The molecular formula is C16H20O3. The molecule has 0 saturated carbocycles. The van der Waals surface area contributed by atoms with E-state index in [9.17, 15) is 4.79 Å². The fourth-order valence-corrected chi connectivity index (χ4v) is 3.59. The van der Waals surface area contributed by atoms with Gasteiger partial charge in [0.15, 0.2) is 0 Å². The van der Waals surface area contributed by atoms with Gasteiger partial charge in [-0.1, -0.05) is 13.0 Å². The van der Waals surface area contributed by atoms with E-state index in [0.29, 0.717) is 5.92 Å². The summed E-state index contributed by atoms with van der Waals surface area (Å²) in [5, 5.41) is 8.87. The summed E-state index contributed by atoms with van der Waals surface area (Å²) >= 11 is 0. The number of carboxylic acids is 1. The van der Waals surface area contributed by atoms with E-state index in [1.165, 1.54) is 22.3 Å². The molecule has 0 radical (unpaired) electrons. The average Bonchev–Trinajstić information content (AvgIpc) is 3.01. The Morgan fingerprint density at radius 2 is 2.32 bits per heavy atom. The summed E-state index contributed by atoms with van der Waals surface area (Å²) in [5.74, 6) is 0.836. The topological polar surface area (TPSA) is 46.5 Å². The number of fused-ring (bicyclic) bond motifs is 3. The monoisotopic (exact) mass is 260 g/mol. The largest absolute Gasteiger partial charge is 0.493 e. The molecule has 1 atom stereocenters. The van der Waals surface area contributed by atoms with E-state index in [0.717, 1.165) is 44.5 Å². The molecule has 102 valence electrons. The lowest BCUT2D eigenvalue weighted by Gasteiger charge is -2.16. The van der Waals surface area contributed by atoms with Gasteiger partial charge in [-0.3, -0.25) is 4.79 Å². The summed E-state index contributed by atoms with van der Waals surface area (Å²) in [4.78, 5) is 10.8. The van der Waals surface area contributed by atoms with Crippen LogP contribution in [0, 0.1) is 0 Å². The number of rotatable bonds is 4. The Morgan fingerprint density at radius 3 is 3.05 bits per heavy atom. The predicted octanol–water partition coefficient (Wildman–Crippen LogP) is 3.08. The van der Waals surface area contributed by atoms with Gasteiger partial charge in [0, 0.05) is 18.4 Å². The molecule has 0 bridgehead atoms. The molecule has 0 amide bonds. The van der Waals surface area contributed by atoms with E-state index >= 15 is 0 Å². The Morgan fingerprint density at radius 1 is 1.47 bits per heavy atom. The number of aryl methyl sites for hydroxylation is 2. The molecule has 1 unspecified atom stereocenters. The summed E-state index contributed by atoms with van der Waals surface area (Å²) in [6.45, 7) is 2.95. The van der Waals surface area contributed by atoms with E-state index in [2.05, 4.69) is 13.0 Å². The number of benzene rings is 1. The maximum atomic E-state index is 10.8. The third kappa shape index (κ3) is 2.11. The third-order valence-corrected chi connectivity index (χ3v) is 4.44. The van der Waals surface area contributed by atoms with Crippen molar-refractivity contribution >= 4 is 5.97 Å². The van der Waals surface area contributed by atoms with E-state index in [4.69, 9.17) is 9.84 Å². The van der Waals surface area contributed by atoms with Crippen LogP contribution in [0.4, 0.5) is 0 Å². The molecule has 3 rings (SSSR count). The molecule has 1 aromatic rings. The Labute approximate surface area is 113 Å². The Balaban J connectivity index is 1.96. The van der Waals surface area contributed by atoms with Crippen LogP contribution < -0.4 is 4.74 Å². The second-order valence-corrected chi connectivity index (χ2v) is 5.54. The lowest BCUT2D eigenvalue weighted by atomic mass is 9.89. The molecule has 3 heteroatoms. The second kappa shape index (κ2) is 4.87. The van der Waals surface area contributed by atoms with Crippen LogP contribution in [0.25, 0.3) is 0 Å². The van der Waals surface area contributed by atoms with Crippen molar-refractivity contribution in [2.24, 2.45) is 0 Å². The minimum absolute atomic E-state index is 0.273. The van der Waals surface area contributed by atoms with Gasteiger partial charge in [-0.2, -0.15) is 0 Å². The van der Waals surface area contributed by atoms with Crippen LogP contribution in [-0.2, 0) is 24.1 Å². The van der Waals surface area contributed by atoms with Gasteiger partial charge in [0.1, 0.15) is 5.75 Å². The average molecular weight is 260 g/mol. The van der Waals surface area contributed by atoms with Crippen LogP contribution in [0.1, 0.15) is 54.4 Å². The van der Waals surface area contributed by atoms with Crippen molar-refractivity contribution in [3.63, 3.8) is 0 Å². The highest BCUT2D eigenvalue weighted by molar-refractivity contribution is 5.67. The molecule has 1 N–H and O–H groups in total. The highest BCUT2D eigenvalue weighted by Crippen LogP contribution is 2.45. The summed E-state index contributed by atoms with van der Waals surface area (Å²) < 4.78 is 5.80. The van der Waals surface area contributed by atoms with Gasteiger partial charge in [-0.05, 0) is 48.3 Å². The molecule has 0 aromatic heterocycles. The Hall–Kier alpha value is -1.51. The minimum atomic E-state index is -0.688. The molecule has 1 aromatic carbocycles. The molecule has 1 heterocycles. The van der Waals surface area contributed by atoms with Gasteiger partial charge in [0.25, 0.3) is 0 Å². The van der Waals surface area contributed by atoms with Crippen LogP contribution in [0.15, 0.2) is 6.07 Å². The number of carbonyl (C=O) groups is 1. The molecule has 19 heavy (non-hydrogen) atoms. The number of hydrogen-bond donors (Lipinski definition) is 1. The van der Waals surface area contributed by atoms with Gasteiger partial charge in [-0.15, -0.1) is 0 Å². The lowest BCUT2D eigenvalue weighted by Crippen LogP contribution is -2.03. The van der Waals surface area contributed by atoms with Crippen LogP contribution in [0.3, 0.4) is 0 Å². The molecular weight excluding hydrogens is 240 g/mol. The SMILES string of the molecule is CCc1cc2c(c3c1OCC3)C(CCC(=O)O)CC2. The van der Waals surface area contributed by atoms with Crippen molar-refractivity contribution in [1.82, 2.24) is 0 Å². The van der Waals surface area contributed by atoms with Gasteiger partial charge < -0.3 is 9.84 Å². The summed E-state index contributed by atoms with van der Waals surface area (Å²) in [6.07, 6.45) is 5.24. The first-order chi connectivity index (χ1) is 9.20. The molecule has 1 aliphatic heterocycles. The zero-order valence-electron chi connectivity index (χ0n) is 11.4. The van der Waals surface area contributed by atoms with Gasteiger partial charge >= 0.3 is 5.97 Å². The first-order valence-electron chi connectivity index (χ1n) is 7.22. The standard InChI is InChI=1S/C16H20O3/c1-2-10-9-12-4-3-11(5-6-14(17)18)15(12)13-7-8-19-16(10)13/h9,11H,2-8H2,1H3,(H,17,18). The van der Waals surface area contributed by atoms with Crippen molar-refractivity contribution < 1.29 is 14.6 Å². The minimum Gasteiger partial charge on any atom is -0.493 e. The van der Waals surface area contributed by atoms with Crippen molar-refractivity contribution in [2.75, 3.05) is 6.61 Å². The Kier molecular flexibility index (Phi) is 3.21. The van der Waals surface area contributed by atoms with E-state index in [1.54, 1.807) is 0 Å². The van der Waals surface area contributed by atoms with Crippen molar-refractivity contribution in [1.29, 1.82) is 0 Å². The van der Waals surface area contributed by atoms with E-state index < -0.39 is 5.97 Å². The second-order valence-electron chi connectivity index (χ2n) is 5.54. The molecule has 3 nitrogen and oxygen atoms in total. The highest BCUT2D eigenvalue weighted by atomic mass is 16.5. The first kappa shape index (κ1) is 12.5. The zero-order chi connectivity index (χ0) is 13.4. The molecule has 2 aliphatic rings. The van der Waals surface area contributed by atoms with Gasteiger partial charge in [0.2, 0.25) is 0 Å². The zero-order valence-corrected chi connectivity index (χ0v) is 11.4. The quantitative estimate of drug-likeness (QED) is 0.905. The number of ether oxygens (including phenoxy) is 1. The molecule has 0 spiro atoms. The van der Waals surface area contributed by atoms with Crippen molar-refractivity contribution in [2.45, 2.75) is 51.4 Å². The van der Waals surface area contributed by atoms with Crippen LogP contribution in [-0.4, -0.2) is 17.7 Å². The Bertz CT molecular complexity index is 519. The first-order valence-corrected chi connectivity index (χ1v) is 7.22. The van der Waals surface area contributed by atoms with E-state index in [1.807, 2.05) is 0 Å². The molecule has 0 saturated heterocycles. The number of aliphatic carboxylic acids is 1. The number of hydrogen-bond acceptors (Lipinski definition) is 2. The fraction of sp³-hybridized carbons (Fsp3) is 0.562. The number of carboxylic acid groups (broad SMARTS) is 1. The smallest absolute Gasteiger partial charge is 0.303 e. The van der Waals surface area contributed by atoms with Crippen LogP contribution in [0.5, 0.6) is 5.75 Å². The maximum absolute atomic E-state index is 10.8. The van der Waals surface area contributed by atoms with Crippen LogP contribution in [0.2, 0.25) is 0 Å². The summed E-state index contributed by atoms with van der Waals surface area (Å²) in [7, 11) is 0. The molecule has 1 aliphatic carbocycles. The highest BCUT2D eigenvalue weighted by Gasteiger charge is 2.31. The van der Waals surface area contributed by atoms with Gasteiger partial charge in [-0.25, -0.2) is 0 Å². The normalized spacial score (nSPS) is 19.9. The summed E-state index contributed by atoms with van der Waals surface area (Å²) in [5.41, 5.74) is 5.56. The van der Waals surface area contributed by atoms with E-state index in [-0.39, 0.29) is 6.42 Å².